The van der Waals surface area contributed by atoms with Crippen molar-refractivity contribution in [3.63, 3.8) is 0 Å². The molecule has 0 saturated heterocycles. The molecule has 0 fully saturated rings. The monoisotopic (exact) mass is 214 g/mol. The Morgan fingerprint density at radius 3 is 2.20 bits per heavy atom. The molecular formula is C13H30N2. The SMILES string of the molecule is CCC(C)(C)CNCCCNCC(C)C. The summed E-state index contributed by atoms with van der Waals surface area (Å²) in [6.45, 7) is 15.9. The zero-order valence-corrected chi connectivity index (χ0v) is 11.3. The van der Waals surface area contributed by atoms with E-state index >= 15 is 0 Å². The van der Waals surface area contributed by atoms with Gasteiger partial charge in [-0.1, -0.05) is 34.6 Å². The van der Waals surface area contributed by atoms with Crippen LogP contribution in [0.1, 0.15) is 47.5 Å². The molecule has 92 valence electrons. The molecule has 0 aromatic carbocycles. The third-order valence-corrected chi connectivity index (χ3v) is 2.82. The van der Waals surface area contributed by atoms with Gasteiger partial charge in [-0.15, -0.1) is 0 Å². The predicted octanol–water partition coefficient (Wildman–Crippen LogP) is 2.65. The zero-order valence-electron chi connectivity index (χ0n) is 11.3. The van der Waals surface area contributed by atoms with Gasteiger partial charge in [0, 0.05) is 6.54 Å². The second-order valence-electron chi connectivity index (χ2n) is 5.65. The molecule has 0 bridgehead atoms. The van der Waals surface area contributed by atoms with Crippen molar-refractivity contribution < 1.29 is 0 Å². The summed E-state index contributed by atoms with van der Waals surface area (Å²) < 4.78 is 0. The van der Waals surface area contributed by atoms with Crippen LogP contribution < -0.4 is 10.6 Å². The Morgan fingerprint density at radius 1 is 1.07 bits per heavy atom. The second-order valence-corrected chi connectivity index (χ2v) is 5.65. The van der Waals surface area contributed by atoms with Gasteiger partial charge >= 0.3 is 0 Å². The van der Waals surface area contributed by atoms with Gasteiger partial charge in [0.25, 0.3) is 0 Å². The van der Waals surface area contributed by atoms with E-state index in [0.717, 1.165) is 32.1 Å². The van der Waals surface area contributed by atoms with E-state index in [-0.39, 0.29) is 0 Å². The number of rotatable bonds is 9. The van der Waals surface area contributed by atoms with Gasteiger partial charge in [0.2, 0.25) is 0 Å². The Morgan fingerprint density at radius 2 is 1.67 bits per heavy atom. The van der Waals surface area contributed by atoms with E-state index in [1.54, 1.807) is 0 Å². The Balaban J connectivity index is 3.18. The molecule has 0 atom stereocenters. The number of hydrogen-bond acceptors (Lipinski definition) is 2. The van der Waals surface area contributed by atoms with Gasteiger partial charge in [-0.2, -0.15) is 0 Å². The van der Waals surface area contributed by atoms with Gasteiger partial charge < -0.3 is 10.6 Å². The fraction of sp³-hybridized carbons (Fsp3) is 1.00. The maximum atomic E-state index is 3.52. The summed E-state index contributed by atoms with van der Waals surface area (Å²) in [4.78, 5) is 0. The quantitative estimate of drug-likeness (QED) is 0.577. The summed E-state index contributed by atoms with van der Waals surface area (Å²) >= 11 is 0. The lowest BCUT2D eigenvalue weighted by molar-refractivity contribution is 0.327. The predicted molar refractivity (Wildman–Crippen MR) is 69.3 cm³/mol. The summed E-state index contributed by atoms with van der Waals surface area (Å²) in [5.74, 6) is 0.761. The minimum Gasteiger partial charge on any atom is -0.316 e. The summed E-state index contributed by atoms with van der Waals surface area (Å²) in [6.07, 6.45) is 2.47. The third kappa shape index (κ3) is 10.2. The molecule has 0 aliphatic carbocycles. The molecule has 0 heterocycles. The first-order valence-corrected chi connectivity index (χ1v) is 6.39. The van der Waals surface area contributed by atoms with Crippen LogP contribution in [0.3, 0.4) is 0 Å². The highest BCUT2D eigenvalue weighted by atomic mass is 14.9. The van der Waals surface area contributed by atoms with Gasteiger partial charge in [0.1, 0.15) is 0 Å². The van der Waals surface area contributed by atoms with Crippen LogP contribution >= 0.6 is 0 Å². The minimum absolute atomic E-state index is 0.450. The van der Waals surface area contributed by atoms with Crippen molar-refractivity contribution in [3.8, 4) is 0 Å². The van der Waals surface area contributed by atoms with E-state index in [1.165, 1.54) is 12.8 Å². The molecule has 2 heteroatoms. The highest BCUT2D eigenvalue weighted by Gasteiger charge is 2.13. The van der Waals surface area contributed by atoms with E-state index in [2.05, 4.69) is 45.3 Å². The normalized spacial score (nSPS) is 12.4. The van der Waals surface area contributed by atoms with E-state index < -0.39 is 0 Å². The van der Waals surface area contributed by atoms with Crippen molar-refractivity contribution >= 4 is 0 Å². The summed E-state index contributed by atoms with van der Waals surface area (Å²) in [5, 5.41) is 6.98. The largest absolute Gasteiger partial charge is 0.316 e. The first-order valence-electron chi connectivity index (χ1n) is 6.39. The Bertz CT molecular complexity index is 141. The van der Waals surface area contributed by atoms with E-state index in [1.807, 2.05) is 0 Å². The van der Waals surface area contributed by atoms with E-state index in [0.29, 0.717) is 5.41 Å². The van der Waals surface area contributed by atoms with Crippen LogP contribution in [0.4, 0.5) is 0 Å². The highest BCUT2D eigenvalue weighted by Crippen LogP contribution is 2.17. The van der Waals surface area contributed by atoms with Crippen molar-refractivity contribution in [1.29, 1.82) is 0 Å². The van der Waals surface area contributed by atoms with E-state index in [9.17, 15) is 0 Å². The molecular weight excluding hydrogens is 184 g/mol. The van der Waals surface area contributed by atoms with Gasteiger partial charge in [-0.05, 0) is 43.8 Å². The average Bonchev–Trinajstić information content (AvgIpc) is 2.16. The molecule has 0 amide bonds. The zero-order chi connectivity index (χ0) is 11.7. The van der Waals surface area contributed by atoms with Crippen LogP contribution in [0.5, 0.6) is 0 Å². The molecule has 0 radical (unpaired) electrons. The molecule has 2 N–H and O–H groups in total. The average molecular weight is 214 g/mol. The van der Waals surface area contributed by atoms with Crippen LogP contribution in [0.15, 0.2) is 0 Å². The Labute approximate surface area is 96.2 Å². The second kappa shape index (κ2) is 8.12. The van der Waals surface area contributed by atoms with Crippen molar-refractivity contribution in [3.05, 3.63) is 0 Å². The number of nitrogens with one attached hydrogen (secondary N) is 2. The summed E-state index contributed by atoms with van der Waals surface area (Å²) in [7, 11) is 0. The molecule has 0 saturated carbocycles. The summed E-state index contributed by atoms with van der Waals surface area (Å²) in [6, 6.07) is 0. The van der Waals surface area contributed by atoms with Crippen molar-refractivity contribution in [2.45, 2.75) is 47.5 Å². The molecule has 0 aliphatic rings. The summed E-state index contributed by atoms with van der Waals surface area (Å²) in [5.41, 5.74) is 0.450. The fourth-order valence-corrected chi connectivity index (χ4v) is 1.28. The van der Waals surface area contributed by atoms with E-state index in [4.69, 9.17) is 0 Å². The fourth-order valence-electron chi connectivity index (χ4n) is 1.28. The molecule has 0 aromatic rings. The molecule has 2 nitrogen and oxygen atoms in total. The van der Waals surface area contributed by atoms with Crippen molar-refractivity contribution in [2.75, 3.05) is 26.2 Å². The molecule has 15 heavy (non-hydrogen) atoms. The topological polar surface area (TPSA) is 24.1 Å². The van der Waals surface area contributed by atoms with Crippen LogP contribution in [0.2, 0.25) is 0 Å². The molecule has 0 spiro atoms. The molecule has 0 unspecified atom stereocenters. The maximum Gasteiger partial charge on any atom is 0.000242 e. The Kier molecular flexibility index (Phi) is 8.07. The Hall–Kier alpha value is -0.0800. The van der Waals surface area contributed by atoms with Gasteiger partial charge in [0.05, 0.1) is 0 Å². The van der Waals surface area contributed by atoms with Gasteiger partial charge in [-0.25, -0.2) is 0 Å². The van der Waals surface area contributed by atoms with Crippen molar-refractivity contribution in [2.24, 2.45) is 11.3 Å². The van der Waals surface area contributed by atoms with Crippen LogP contribution in [-0.2, 0) is 0 Å². The van der Waals surface area contributed by atoms with Crippen LogP contribution in [0.25, 0.3) is 0 Å². The minimum atomic E-state index is 0.450. The van der Waals surface area contributed by atoms with Crippen molar-refractivity contribution in [1.82, 2.24) is 10.6 Å². The van der Waals surface area contributed by atoms with Gasteiger partial charge in [0.15, 0.2) is 0 Å². The lowest BCUT2D eigenvalue weighted by Gasteiger charge is -2.22. The lowest BCUT2D eigenvalue weighted by Crippen LogP contribution is -2.31. The molecule has 0 rings (SSSR count). The smallest absolute Gasteiger partial charge is 0.000242 e. The molecule has 0 aliphatic heterocycles. The lowest BCUT2D eigenvalue weighted by atomic mass is 9.90. The standard InChI is InChI=1S/C13H30N2/c1-6-13(4,5)11-15-9-7-8-14-10-12(2)3/h12,14-15H,6-11H2,1-5H3. The number of hydrogen-bond donors (Lipinski definition) is 2. The molecule has 0 aromatic heterocycles. The van der Waals surface area contributed by atoms with Crippen LogP contribution in [0, 0.1) is 11.3 Å². The highest BCUT2D eigenvalue weighted by molar-refractivity contribution is 4.69. The third-order valence-electron chi connectivity index (χ3n) is 2.82. The first-order chi connectivity index (χ1) is 6.98. The van der Waals surface area contributed by atoms with Gasteiger partial charge in [-0.3, -0.25) is 0 Å². The maximum absolute atomic E-state index is 3.52. The van der Waals surface area contributed by atoms with Crippen LogP contribution in [-0.4, -0.2) is 26.2 Å². The first kappa shape index (κ1) is 14.9.